The second kappa shape index (κ2) is 6.18. The van der Waals surface area contributed by atoms with Gasteiger partial charge in [-0.15, -0.1) is 0 Å². The molecule has 0 heterocycles. The van der Waals surface area contributed by atoms with Crippen molar-refractivity contribution in [2.45, 2.75) is 46.0 Å². The van der Waals surface area contributed by atoms with Gasteiger partial charge in [-0.3, -0.25) is 0 Å². The van der Waals surface area contributed by atoms with Crippen molar-refractivity contribution in [2.75, 3.05) is 0 Å². The van der Waals surface area contributed by atoms with Crippen molar-refractivity contribution in [3.05, 3.63) is 28.8 Å². The van der Waals surface area contributed by atoms with E-state index in [1.807, 2.05) is 20.8 Å². The first-order valence-corrected chi connectivity index (χ1v) is 19.5. The summed E-state index contributed by atoms with van der Waals surface area (Å²) in [5.74, 6) is 0.321. The zero-order chi connectivity index (χ0) is 15.0. The third-order valence-corrected chi connectivity index (χ3v) is 15.8. The van der Waals surface area contributed by atoms with Crippen molar-refractivity contribution in [1.82, 2.24) is 0 Å². The SMILES string of the molecule is Cc1cc(C)c([Te](Br)(Br)CC(=O)C(C)(C)C)c(C)c1. The van der Waals surface area contributed by atoms with E-state index in [1.165, 1.54) is 20.3 Å². The van der Waals surface area contributed by atoms with Gasteiger partial charge < -0.3 is 0 Å². The number of benzene rings is 1. The van der Waals surface area contributed by atoms with Gasteiger partial charge in [0, 0.05) is 0 Å². The molecule has 1 aromatic carbocycles. The average molecular weight is 506 g/mol. The zero-order valence-corrected chi connectivity index (χ0v) is 17.9. The molecule has 0 saturated carbocycles. The van der Waals surface area contributed by atoms with E-state index in [0.717, 1.165) is 0 Å². The Labute approximate surface area is 132 Å². The number of aryl methyl sites for hydroxylation is 3. The summed E-state index contributed by atoms with van der Waals surface area (Å²) in [5.41, 5.74) is 3.58. The van der Waals surface area contributed by atoms with E-state index in [2.05, 4.69) is 58.4 Å². The summed E-state index contributed by atoms with van der Waals surface area (Å²) in [6.45, 7) is 12.4. The van der Waals surface area contributed by atoms with Gasteiger partial charge in [0.2, 0.25) is 0 Å². The van der Waals surface area contributed by atoms with Gasteiger partial charge in [-0.05, 0) is 0 Å². The molecular weight excluding hydrogens is 484 g/mol. The van der Waals surface area contributed by atoms with Gasteiger partial charge >= 0.3 is 134 Å². The monoisotopic (exact) mass is 506 g/mol. The van der Waals surface area contributed by atoms with Crippen LogP contribution in [0, 0.1) is 26.2 Å². The molecule has 1 rings (SSSR count). The molecule has 19 heavy (non-hydrogen) atoms. The number of ketones is 1. The summed E-state index contributed by atoms with van der Waals surface area (Å²) in [5, 5.41) is 0. The maximum absolute atomic E-state index is 12.3. The number of carbonyl (C=O) groups is 1. The van der Waals surface area contributed by atoms with Gasteiger partial charge in [-0.2, -0.15) is 0 Å². The second-order valence-electron chi connectivity index (χ2n) is 6.12. The summed E-state index contributed by atoms with van der Waals surface area (Å²) < 4.78 is 1.97. The Morgan fingerprint density at radius 1 is 1.11 bits per heavy atom. The molecule has 0 aliphatic rings. The number of carbonyl (C=O) groups excluding carboxylic acids is 1. The van der Waals surface area contributed by atoms with Crippen molar-refractivity contribution in [3.8, 4) is 0 Å². The first kappa shape index (κ1) is 17.7. The zero-order valence-electron chi connectivity index (χ0n) is 12.4. The van der Waals surface area contributed by atoms with Crippen LogP contribution in [0.2, 0.25) is 4.47 Å². The summed E-state index contributed by atoms with van der Waals surface area (Å²) in [6, 6.07) is 4.40. The molecule has 1 nitrogen and oxygen atoms in total. The van der Waals surface area contributed by atoms with E-state index in [0.29, 0.717) is 10.3 Å². The Kier molecular flexibility index (Phi) is 5.75. The van der Waals surface area contributed by atoms with Gasteiger partial charge in [-0.25, -0.2) is 0 Å². The van der Waals surface area contributed by atoms with Crippen LogP contribution in [0.4, 0.5) is 0 Å². The van der Waals surface area contributed by atoms with Crippen LogP contribution in [0.25, 0.3) is 0 Å². The summed E-state index contributed by atoms with van der Waals surface area (Å²) in [7, 11) is 0. The Hall–Kier alpha value is 0.640. The molecule has 1 aromatic rings. The molecule has 0 aromatic heterocycles. The van der Waals surface area contributed by atoms with Crippen LogP contribution in [0.15, 0.2) is 12.1 Å². The van der Waals surface area contributed by atoms with E-state index in [-0.39, 0.29) is 5.41 Å². The van der Waals surface area contributed by atoms with Crippen molar-refractivity contribution in [3.63, 3.8) is 0 Å². The van der Waals surface area contributed by atoms with Gasteiger partial charge in [0.15, 0.2) is 0 Å². The van der Waals surface area contributed by atoms with Crippen molar-refractivity contribution in [1.29, 1.82) is 0 Å². The number of hydrogen-bond acceptors (Lipinski definition) is 1. The van der Waals surface area contributed by atoms with Crippen LogP contribution in [0.3, 0.4) is 0 Å². The molecule has 4 heteroatoms. The van der Waals surface area contributed by atoms with Crippen molar-refractivity contribution < 1.29 is 4.79 Å². The minimum absolute atomic E-state index is 0.273. The molecule has 0 N–H and O–H groups in total. The fraction of sp³-hybridized carbons (Fsp3) is 0.533. The predicted octanol–water partition coefficient (Wildman–Crippen LogP) is 4.67. The topological polar surface area (TPSA) is 17.1 Å². The molecular formula is C15H22Br2OTe. The minimum atomic E-state index is -2.68. The predicted molar refractivity (Wildman–Crippen MR) is 93.2 cm³/mol. The van der Waals surface area contributed by atoms with E-state index in [1.54, 1.807) is 0 Å². The molecule has 0 radical (unpaired) electrons. The van der Waals surface area contributed by atoms with E-state index >= 15 is 0 Å². The second-order valence-corrected chi connectivity index (χ2v) is 32.1. The maximum atomic E-state index is 12.3. The molecule has 0 bridgehead atoms. The summed E-state index contributed by atoms with van der Waals surface area (Å²) in [6.07, 6.45) is 0. The number of Topliss-reactive ketones (excluding diaryl/α,β-unsaturated/α-hetero) is 1. The quantitative estimate of drug-likeness (QED) is 0.546. The van der Waals surface area contributed by atoms with E-state index < -0.39 is 13.8 Å². The molecule has 0 amide bonds. The van der Waals surface area contributed by atoms with E-state index in [9.17, 15) is 4.79 Å². The fourth-order valence-electron chi connectivity index (χ4n) is 2.09. The van der Waals surface area contributed by atoms with E-state index in [4.69, 9.17) is 0 Å². The van der Waals surface area contributed by atoms with Crippen LogP contribution < -0.4 is 3.61 Å². The molecule has 108 valence electrons. The van der Waals surface area contributed by atoms with Gasteiger partial charge in [0.25, 0.3) is 0 Å². The Morgan fingerprint density at radius 2 is 1.53 bits per heavy atom. The Bertz CT molecular complexity index is 478. The first-order valence-electron chi connectivity index (χ1n) is 6.26. The fourth-order valence-corrected chi connectivity index (χ4v) is 17.3. The molecule has 0 spiro atoms. The van der Waals surface area contributed by atoms with Gasteiger partial charge in [-0.1, -0.05) is 0 Å². The Morgan fingerprint density at radius 3 is 1.89 bits per heavy atom. The van der Waals surface area contributed by atoms with Crippen LogP contribution in [0.5, 0.6) is 0 Å². The normalized spacial score (nSPS) is 13.5. The number of hydrogen-bond donors (Lipinski definition) is 0. The third kappa shape index (κ3) is 4.56. The number of halogens is 2. The van der Waals surface area contributed by atoms with Crippen LogP contribution in [0.1, 0.15) is 37.5 Å². The van der Waals surface area contributed by atoms with Gasteiger partial charge in [0.05, 0.1) is 0 Å². The first-order chi connectivity index (χ1) is 8.45. The third-order valence-electron chi connectivity index (χ3n) is 3.05. The standard InChI is InChI=1S/C15H22Br2OTe/c1-10-7-11(2)14(12(3)8-10)19(16,17)9-13(18)15(4,5)6/h7-8H,9H2,1-6H3. The summed E-state index contributed by atoms with van der Waals surface area (Å²) >= 11 is 5.11. The molecule has 0 fully saturated rings. The average Bonchev–Trinajstić information content (AvgIpc) is 2.11. The van der Waals surface area contributed by atoms with Crippen LogP contribution >= 0.6 is 25.5 Å². The van der Waals surface area contributed by atoms with Crippen molar-refractivity contribution in [2.24, 2.45) is 5.41 Å². The summed E-state index contributed by atoms with van der Waals surface area (Å²) in [4.78, 5) is 12.3. The Balaban J connectivity index is 3.18. The molecule has 0 aliphatic carbocycles. The molecule has 0 atom stereocenters. The molecule has 0 aliphatic heterocycles. The number of rotatable bonds is 3. The molecule has 0 unspecified atom stereocenters. The molecule has 0 saturated heterocycles. The van der Waals surface area contributed by atoms with Crippen LogP contribution in [-0.2, 0) is 4.79 Å². The van der Waals surface area contributed by atoms with Gasteiger partial charge in [0.1, 0.15) is 0 Å². The van der Waals surface area contributed by atoms with Crippen LogP contribution in [-0.4, -0.2) is 19.5 Å². The van der Waals surface area contributed by atoms with Crippen molar-refractivity contribution >= 4 is 48.7 Å².